The Kier molecular flexibility index (Phi) is 6.99. The van der Waals surface area contributed by atoms with E-state index in [-0.39, 0.29) is 5.92 Å². The maximum Gasteiger partial charge on any atom is 0.410 e. The number of hydrogen-bond acceptors (Lipinski definition) is 3. The lowest BCUT2D eigenvalue weighted by Crippen LogP contribution is -2.43. The monoisotopic (exact) mass is 381 g/mol. The number of carboxylic acid groups (broad SMARTS) is 1. The number of benzene rings is 2. The number of nitrogens with zero attached hydrogens (tertiary/aromatic N) is 1. The smallest absolute Gasteiger partial charge is 0.410 e. The molecule has 1 unspecified atom stereocenters. The molecule has 148 valence electrons. The minimum absolute atomic E-state index is 0.254. The van der Waals surface area contributed by atoms with E-state index < -0.39 is 23.7 Å². The summed E-state index contributed by atoms with van der Waals surface area (Å²) >= 11 is 0. The Labute approximate surface area is 166 Å². The van der Waals surface area contributed by atoms with Gasteiger partial charge in [0.15, 0.2) is 0 Å². The minimum atomic E-state index is -1.07. The largest absolute Gasteiger partial charge is 0.478 e. The summed E-state index contributed by atoms with van der Waals surface area (Å²) in [5, 5.41) is 9.17. The van der Waals surface area contributed by atoms with Gasteiger partial charge in [-0.05, 0) is 31.9 Å². The van der Waals surface area contributed by atoms with Crippen LogP contribution in [0.1, 0.15) is 37.8 Å². The average molecular weight is 381 g/mol. The lowest BCUT2D eigenvalue weighted by molar-refractivity contribution is -0.131. The molecule has 0 aliphatic heterocycles. The van der Waals surface area contributed by atoms with E-state index in [1.54, 1.807) is 27.8 Å². The zero-order valence-electron chi connectivity index (χ0n) is 16.7. The van der Waals surface area contributed by atoms with Gasteiger partial charge < -0.3 is 14.7 Å². The number of ether oxygens (including phenoxy) is 1. The highest BCUT2D eigenvalue weighted by molar-refractivity contribution is 5.80. The number of rotatable bonds is 6. The van der Waals surface area contributed by atoms with E-state index in [4.69, 9.17) is 4.74 Å². The van der Waals surface area contributed by atoms with Crippen LogP contribution in [0.4, 0.5) is 4.79 Å². The number of carboxylic acids is 1. The molecule has 0 aliphatic carbocycles. The van der Waals surface area contributed by atoms with Crippen molar-refractivity contribution in [1.29, 1.82) is 0 Å². The SMILES string of the molecule is CN(C(=O)OC(C)(C)C)C(/C=C/C(=O)O)C(c1ccccc1)c1ccccc1. The fourth-order valence-electron chi connectivity index (χ4n) is 3.01. The molecule has 1 N–H and O–H groups in total. The van der Waals surface area contributed by atoms with Crippen LogP contribution in [0.25, 0.3) is 0 Å². The lowest BCUT2D eigenvalue weighted by atomic mass is 9.84. The molecule has 0 aromatic heterocycles. The van der Waals surface area contributed by atoms with E-state index in [9.17, 15) is 14.7 Å². The van der Waals surface area contributed by atoms with Crippen molar-refractivity contribution in [1.82, 2.24) is 4.90 Å². The number of carbonyl (C=O) groups is 2. The Hall–Kier alpha value is -3.08. The topological polar surface area (TPSA) is 66.8 Å². The Balaban J connectivity index is 2.53. The van der Waals surface area contributed by atoms with E-state index in [1.807, 2.05) is 60.7 Å². The summed E-state index contributed by atoms with van der Waals surface area (Å²) in [6.45, 7) is 5.39. The molecule has 5 nitrogen and oxygen atoms in total. The van der Waals surface area contributed by atoms with Crippen molar-refractivity contribution < 1.29 is 19.4 Å². The molecule has 2 aromatic rings. The van der Waals surface area contributed by atoms with Crippen molar-refractivity contribution in [2.24, 2.45) is 0 Å². The van der Waals surface area contributed by atoms with Crippen LogP contribution in [-0.4, -0.2) is 40.8 Å². The van der Waals surface area contributed by atoms with Crippen molar-refractivity contribution in [3.63, 3.8) is 0 Å². The van der Waals surface area contributed by atoms with Crippen molar-refractivity contribution in [3.8, 4) is 0 Å². The molecule has 1 atom stereocenters. The van der Waals surface area contributed by atoms with Crippen molar-refractivity contribution >= 4 is 12.1 Å². The zero-order chi connectivity index (χ0) is 20.7. The lowest BCUT2D eigenvalue weighted by Gasteiger charge is -2.34. The van der Waals surface area contributed by atoms with E-state index in [0.717, 1.165) is 17.2 Å². The van der Waals surface area contributed by atoms with Gasteiger partial charge in [-0.2, -0.15) is 0 Å². The standard InChI is InChI=1S/C23H27NO4/c1-23(2,3)28-22(27)24(4)19(15-16-20(25)26)21(17-11-7-5-8-12-17)18-13-9-6-10-14-18/h5-16,19,21H,1-4H3,(H,25,26)/b16-15+. The van der Waals surface area contributed by atoms with Gasteiger partial charge in [-0.1, -0.05) is 66.7 Å². The summed E-state index contributed by atoms with van der Waals surface area (Å²) in [6, 6.07) is 18.9. The molecule has 2 aromatic carbocycles. The van der Waals surface area contributed by atoms with Crippen molar-refractivity contribution in [3.05, 3.63) is 83.9 Å². The molecule has 0 bridgehead atoms. The number of carbonyl (C=O) groups excluding carboxylic acids is 1. The van der Waals surface area contributed by atoms with Crippen LogP contribution in [0.2, 0.25) is 0 Å². The normalized spacial score (nSPS) is 12.8. The number of hydrogen-bond donors (Lipinski definition) is 1. The first-order chi connectivity index (χ1) is 13.2. The van der Waals surface area contributed by atoms with Crippen LogP contribution < -0.4 is 0 Å². The Bertz CT molecular complexity index is 770. The Morgan fingerprint density at radius 3 is 1.82 bits per heavy atom. The number of amides is 1. The van der Waals surface area contributed by atoms with Gasteiger partial charge in [-0.15, -0.1) is 0 Å². The van der Waals surface area contributed by atoms with Gasteiger partial charge in [0, 0.05) is 19.0 Å². The fraction of sp³-hybridized carbons (Fsp3) is 0.304. The number of aliphatic carboxylic acids is 1. The predicted octanol–water partition coefficient (Wildman–Crippen LogP) is 4.69. The van der Waals surface area contributed by atoms with Gasteiger partial charge in [0.1, 0.15) is 5.60 Å². The van der Waals surface area contributed by atoms with Gasteiger partial charge in [-0.25, -0.2) is 9.59 Å². The number of likely N-dealkylation sites (N-methyl/N-ethyl adjacent to an activating group) is 1. The second kappa shape index (κ2) is 9.22. The summed E-state index contributed by atoms with van der Waals surface area (Å²) < 4.78 is 5.51. The molecule has 0 saturated heterocycles. The van der Waals surface area contributed by atoms with Gasteiger partial charge in [-0.3, -0.25) is 0 Å². The van der Waals surface area contributed by atoms with Gasteiger partial charge in [0.25, 0.3) is 0 Å². The molecule has 28 heavy (non-hydrogen) atoms. The van der Waals surface area contributed by atoms with Crippen LogP contribution >= 0.6 is 0 Å². The van der Waals surface area contributed by atoms with Gasteiger partial charge >= 0.3 is 12.1 Å². The summed E-state index contributed by atoms with van der Waals surface area (Å²) in [5.41, 5.74) is 1.30. The van der Waals surface area contributed by atoms with Crippen molar-refractivity contribution in [2.75, 3.05) is 7.05 Å². The third-order valence-corrected chi connectivity index (χ3v) is 4.22. The summed E-state index contributed by atoms with van der Waals surface area (Å²) in [7, 11) is 1.63. The highest BCUT2D eigenvalue weighted by atomic mass is 16.6. The minimum Gasteiger partial charge on any atom is -0.478 e. The van der Waals surface area contributed by atoms with Crippen LogP contribution in [0.5, 0.6) is 0 Å². The summed E-state index contributed by atoms with van der Waals surface area (Å²) in [5.74, 6) is -1.32. The molecule has 0 spiro atoms. The Morgan fingerprint density at radius 1 is 0.964 bits per heavy atom. The third kappa shape index (κ3) is 5.98. The first-order valence-corrected chi connectivity index (χ1v) is 9.16. The molecule has 5 heteroatoms. The summed E-state index contributed by atoms with van der Waals surface area (Å²) in [4.78, 5) is 25.4. The Morgan fingerprint density at radius 2 is 1.43 bits per heavy atom. The molecule has 1 amide bonds. The summed E-state index contributed by atoms with van der Waals surface area (Å²) in [6.07, 6.45) is 2.10. The maximum absolute atomic E-state index is 12.7. The molecule has 0 aliphatic rings. The van der Waals surface area contributed by atoms with Crippen molar-refractivity contribution in [2.45, 2.75) is 38.3 Å². The van der Waals surface area contributed by atoms with E-state index in [1.165, 1.54) is 11.0 Å². The fourth-order valence-corrected chi connectivity index (χ4v) is 3.01. The zero-order valence-corrected chi connectivity index (χ0v) is 16.7. The van der Waals surface area contributed by atoms with Crippen LogP contribution in [0.3, 0.4) is 0 Å². The highest BCUT2D eigenvalue weighted by Gasteiger charge is 2.31. The van der Waals surface area contributed by atoms with Crippen LogP contribution in [0.15, 0.2) is 72.8 Å². The molecular formula is C23H27NO4. The molecule has 0 saturated carbocycles. The first-order valence-electron chi connectivity index (χ1n) is 9.16. The molecular weight excluding hydrogens is 354 g/mol. The molecule has 0 fully saturated rings. The molecule has 2 rings (SSSR count). The van der Waals surface area contributed by atoms with Gasteiger partial charge in [0.05, 0.1) is 6.04 Å². The highest BCUT2D eigenvalue weighted by Crippen LogP contribution is 2.32. The second-order valence-corrected chi connectivity index (χ2v) is 7.58. The first kappa shape index (κ1) is 21.2. The predicted molar refractivity (Wildman–Crippen MR) is 109 cm³/mol. The molecule has 0 radical (unpaired) electrons. The molecule has 0 heterocycles. The van der Waals surface area contributed by atoms with Gasteiger partial charge in [0.2, 0.25) is 0 Å². The second-order valence-electron chi connectivity index (χ2n) is 7.58. The van der Waals surface area contributed by atoms with E-state index in [0.29, 0.717) is 0 Å². The quantitative estimate of drug-likeness (QED) is 0.737. The van der Waals surface area contributed by atoms with Crippen LogP contribution in [-0.2, 0) is 9.53 Å². The maximum atomic E-state index is 12.7. The van der Waals surface area contributed by atoms with Crippen LogP contribution in [0, 0.1) is 0 Å². The third-order valence-electron chi connectivity index (χ3n) is 4.22. The average Bonchev–Trinajstić information content (AvgIpc) is 2.64. The van der Waals surface area contributed by atoms with E-state index >= 15 is 0 Å². The van der Waals surface area contributed by atoms with E-state index in [2.05, 4.69) is 0 Å².